The number of rotatable bonds is 6. The summed E-state index contributed by atoms with van der Waals surface area (Å²) in [5, 5.41) is 7.74. The van der Waals surface area contributed by atoms with Crippen LogP contribution >= 0.6 is 11.6 Å². The van der Waals surface area contributed by atoms with Crippen LogP contribution in [0.5, 0.6) is 0 Å². The molecule has 3 heterocycles. The minimum Gasteiger partial charge on any atom is -0.443 e. The van der Waals surface area contributed by atoms with Gasteiger partial charge in [-0.2, -0.15) is 0 Å². The summed E-state index contributed by atoms with van der Waals surface area (Å²) in [5.74, 6) is -0.201. The highest BCUT2D eigenvalue weighted by Crippen LogP contribution is 2.37. The van der Waals surface area contributed by atoms with E-state index in [1.165, 1.54) is 5.56 Å². The molecule has 1 aliphatic heterocycles. The van der Waals surface area contributed by atoms with Gasteiger partial charge in [0.1, 0.15) is 5.60 Å². The van der Waals surface area contributed by atoms with Gasteiger partial charge in [0.25, 0.3) is 5.91 Å². The van der Waals surface area contributed by atoms with Crippen molar-refractivity contribution < 1.29 is 14.3 Å². The molecule has 0 unspecified atom stereocenters. The van der Waals surface area contributed by atoms with Crippen LogP contribution in [0.3, 0.4) is 0 Å². The first kappa shape index (κ1) is 25.0. The summed E-state index contributed by atoms with van der Waals surface area (Å²) in [7, 11) is 0. The third-order valence-corrected chi connectivity index (χ3v) is 6.65. The van der Waals surface area contributed by atoms with Crippen LogP contribution in [0.4, 0.5) is 4.79 Å². The minimum absolute atomic E-state index is 0.201. The van der Waals surface area contributed by atoms with Gasteiger partial charge in [0.05, 0.1) is 16.8 Å². The zero-order chi connectivity index (χ0) is 26.2. The number of amides is 1. The van der Waals surface area contributed by atoms with Crippen LogP contribution in [-0.2, 0) is 24.2 Å². The Hall–Kier alpha value is -3.68. The maximum absolute atomic E-state index is 13.4. The summed E-state index contributed by atoms with van der Waals surface area (Å²) in [6.07, 6.45) is 4.02. The highest BCUT2D eigenvalue weighted by molar-refractivity contribution is 6.32. The van der Waals surface area contributed by atoms with E-state index >= 15 is 0 Å². The van der Waals surface area contributed by atoms with Crippen molar-refractivity contribution in [1.29, 1.82) is 0 Å². The van der Waals surface area contributed by atoms with Gasteiger partial charge in [-0.25, -0.2) is 9.36 Å². The molecule has 0 aliphatic carbocycles. The molecule has 7 nitrogen and oxygen atoms in total. The second-order valence-electron chi connectivity index (χ2n) is 10.2. The smallest absolute Gasteiger partial charge is 0.419 e. The monoisotopic (exact) mass is 516 g/mol. The maximum atomic E-state index is 13.4. The molecule has 2 N–H and O–H groups in total. The Bertz CT molecular complexity index is 1490. The van der Waals surface area contributed by atoms with Crippen molar-refractivity contribution >= 4 is 34.5 Å². The second kappa shape index (κ2) is 10.00. The predicted molar refractivity (Wildman–Crippen MR) is 145 cm³/mol. The van der Waals surface area contributed by atoms with E-state index in [0.717, 1.165) is 29.5 Å². The average Bonchev–Trinajstić information content (AvgIpc) is 3.43. The zero-order valence-electron chi connectivity index (χ0n) is 21.1. The number of aromatic nitrogens is 2. The van der Waals surface area contributed by atoms with Gasteiger partial charge in [0.2, 0.25) is 0 Å². The van der Waals surface area contributed by atoms with E-state index in [-0.39, 0.29) is 5.91 Å². The Morgan fingerprint density at radius 1 is 1.11 bits per heavy atom. The number of halogens is 1. The predicted octanol–water partition coefficient (Wildman–Crippen LogP) is 5.72. The number of ether oxygens (including phenoxy) is 1. The van der Waals surface area contributed by atoms with Gasteiger partial charge in [-0.15, -0.1) is 0 Å². The van der Waals surface area contributed by atoms with E-state index in [9.17, 15) is 9.59 Å². The van der Waals surface area contributed by atoms with Gasteiger partial charge < -0.3 is 15.4 Å². The fourth-order valence-corrected chi connectivity index (χ4v) is 4.84. The van der Waals surface area contributed by atoms with Gasteiger partial charge in [-0.05, 0) is 81.3 Å². The zero-order valence-corrected chi connectivity index (χ0v) is 21.9. The number of fused-ring (bicyclic) bond motifs is 2. The summed E-state index contributed by atoms with van der Waals surface area (Å²) in [6.45, 7) is 7.38. The lowest BCUT2D eigenvalue weighted by atomic mass is 10.00. The molecule has 5 rings (SSSR count). The van der Waals surface area contributed by atoms with Crippen molar-refractivity contribution in [3.63, 3.8) is 0 Å². The van der Waals surface area contributed by atoms with Crippen LogP contribution in [-0.4, -0.2) is 33.7 Å². The second-order valence-corrected chi connectivity index (χ2v) is 10.6. The summed E-state index contributed by atoms with van der Waals surface area (Å²) in [5.41, 5.74) is 4.84. The molecule has 1 amide bonds. The summed E-state index contributed by atoms with van der Waals surface area (Å²) >= 11 is 6.38. The van der Waals surface area contributed by atoms with Crippen LogP contribution in [0.25, 0.3) is 22.2 Å². The molecule has 37 heavy (non-hydrogen) atoms. The molecule has 2 aromatic heterocycles. The Labute approximate surface area is 220 Å². The molecule has 0 saturated carbocycles. The molecule has 0 radical (unpaired) electrons. The number of nitrogens with zero attached hydrogens (tertiary/aromatic N) is 2. The Morgan fingerprint density at radius 2 is 1.89 bits per heavy atom. The van der Waals surface area contributed by atoms with Crippen LogP contribution in [0.1, 0.15) is 47.8 Å². The number of hydrogen-bond acceptors (Lipinski definition) is 5. The largest absolute Gasteiger partial charge is 0.443 e. The fraction of sp³-hybridized carbons (Fsp3) is 0.276. The highest BCUT2D eigenvalue weighted by atomic mass is 35.5. The molecule has 0 atom stereocenters. The van der Waals surface area contributed by atoms with Gasteiger partial charge in [-0.1, -0.05) is 23.7 Å². The van der Waals surface area contributed by atoms with E-state index in [0.29, 0.717) is 40.4 Å². The van der Waals surface area contributed by atoms with Crippen molar-refractivity contribution in [2.75, 3.05) is 6.54 Å². The molecule has 0 fully saturated rings. The first-order valence-corrected chi connectivity index (χ1v) is 12.7. The lowest BCUT2D eigenvalue weighted by Gasteiger charge is -2.21. The van der Waals surface area contributed by atoms with Gasteiger partial charge in [0.15, 0.2) is 0 Å². The number of carbonyl (C=O) groups excluding carboxylic acids is 2. The fourth-order valence-electron chi connectivity index (χ4n) is 4.62. The van der Waals surface area contributed by atoms with Gasteiger partial charge in [0, 0.05) is 47.0 Å². The van der Waals surface area contributed by atoms with Crippen molar-refractivity contribution in [2.45, 2.75) is 45.9 Å². The Kier molecular flexibility index (Phi) is 6.75. The van der Waals surface area contributed by atoms with E-state index in [1.807, 2.05) is 51.1 Å². The molecule has 0 bridgehead atoms. The van der Waals surface area contributed by atoms with Crippen molar-refractivity contribution in [3.05, 3.63) is 88.2 Å². The van der Waals surface area contributed by atoms with Crippen molar-refractivity contribution in [3.8, 4) is 11.3 Å². The van der Waals surface area contributed by atoms with E-state index in [4.69, 9.17) is 16.3 Å². The number of benzene rings is 2. The third kappa shape index (κ3) is 5.24. The SMILES string of the molecule is CC(C)(C)OC(=O)n1c(-c2ccc(Cl)c3c2C(=O)NC3)cc2cc(CNCCc3ccncc3)ccc21. The number of pyridine rings is 1. The molecule has 190 valence electrons. The first-order valence-electron chi connectivity index (χ1n) is 12.3. The van der Waals surface area contributed by atoms with E-state index in [1.54, 1.807) is 29.1 Å². The third-order valence-electron chi connectivity index (χ3n) is 6.30. The molecular formula is C29H29ClN4O3. The lowest BCUT2D eigenvalue weighted by molar-refractivity contribution is 0.0547. The molecule has 4 aromatic rings. The molecular weight excluding hydrogens is 488 g/mol. The van der Waals surface area contributed by atoms with Crippen LogP contribution in [0.15, 0.2) is 60.9 Å². The van der Waals surface area contributed by atoms with Crippen LogP contribution < -0.4 is 10.6 Å². The van der Waals surface area contributed by atoms with Crippen molar-refractivity contribution in [1.82, 2.24) is 20.2 Å². The minimum atomic E-state index is -0.678. The average molecular weight is 517 g/mol. The molecule has 0 saturated heterocycles. The van der Waals surface area contributed by atoms with Crippen LogP contribution in [0, 0.1) is 0 Å². The van der Waals surface area contributed by atoms with Gasteiger partial charge in [-0.3, -0.25) is 9.78 Å². The first-order chi connectivity index (χ1) is 17.7. The standard InChI is InChI=1S/C29H29ClN4O3/c1-29(2,3)37-28(36)34-24-7-4-19(16-32-13-10-18-8-11-31-12-9-18)14-20(24)15-25(34)21-5-6-23(30)22-17-33-27(35)26(21)22/h4-9,11-12,14-15,32H,10,13,16-17H2,1-3H3,(H,33,35). The van der Waals surface area contributed by atoms with Gasteiger partial charge >= 0.3 is 6.09 Å². The molecule has 8 heteroatoms. The summed E-state index contributed by atoms with van der Waals surface area (Å²) in [6, 6.07) is 15.5. The summed E-state index contributed by atoms with van der Waals surface area (Å²) in [4.78, 5) is 30.2. The number of carbonyl (C=O) groups is 2. The topological polar surface area (TPSA) is 85.2 Å². The highest BCUT2D eigenvalue weighted by Gasteiger charge is 2.29. The normalized spacial score (nSPS) is 13.0. The van der Waals surface area contributed by atoms with E-state index < -0.39 is 11.7 Å². The van der Waals surface area contributed by atoms with E-state index in [2.05, 4.69) is 21.7 Å². The number of nitrogens with one attached hydrogen (secondary N) is 2. The molecule has 2 aromatic carbocycles. The molecule has 1 aliphatic rings. The Balaban J connectivity index is 1.50. The summed E-state index contributed by atoms with van der Waals surface area (Å²) < 4.78 is 7.31. The van der Waals surface area contributed by atoms with Crippen LogP contribution in [0.2, 0.25) is 5.02 Å². The van der Waals surface area contributed by atoms with Crippen molar-refractivity contribution in [2.24, 2.45) is 0 Å². The number of hydrogen-bond donors (Lipinski definition) is 2. The maximum Gasteiger partial charge on any atom is 0.419 e. The lowest BCUT2D eigenvalue weighted by Crippen LogP contribution is -2.27. The Morgan fingerprint density at radius 3 is 2.65 bits per heavy atom. The molecule has 0 spiro atoms. The quantitative estimate of drug-likeness (QED) is 0.320.